The van der Waals surface area contributed by atoms with Gasteiger partial charge in [0.1, 0.15) is 0 Å². The quantitative estimate of drug-likeness (QED) is 0.559. The summed E-state index contributed by atoms with van der Waals surface area (Å²) in [5, 5.41) is 0. The maximum atomic E-state index is 4.05. The number of allylic oxidation sites excluding steroid dienone is 2. The molecule has 0 atom stereocenters. The van der Waals surface area contributed by atoms with Crippen molar-refractivity contribution < 1.29 is 0 Å². The van der Waals surface area contributed by atoms with E-state index < -0.39 is 0 Å². The van der Waals surface area contributed by atoms with Gasteiger partial charge in [-0.2, -0.15) is 0 Å². The fourth-order valence-corrected chi connectivity index (χ4v) is 0.561. The lowest BCUT2D eigenvalue weighted by Gasteiger charge is -2.03. The second-order valence-electron chi connectivity index (χ2n) is 2.91. The summed E-state index contributed by atoms with van der Waals surface area (Å²) in [7, 11) is 1.82. The molecule has 1 nitrogen and oxygen atoms in total. The molecule has 1 heteroatoms. The van der Waals surface area contributed by atoms with Gasteiger partial charge in [-0.15, -0.1) is 0 Å². The Hall–Kier alpha value is -0.590. The summed E-state index contributed by atoms with van der Waals surface area (Å²) in [5.41, 5.74) is 2.49. The number of hydrogen-bond acceptors (Lipinski definition) is 1. The van der Waals surface area contributed by atoms with Gasteiger partial charge in [0, 0.05) is 12.8 Å². The van der Waals surface area contributed by atoms with E-state index in [0.717, 1.165) is 5.71 Å². The van der Waals surface area contributed by atoms with Gasteiger partial charge in [0.2, 0.25) is 0 Å². The van der Waals surface area contributed by atoms with E-state index in [1.54, 1.807) is 0 Å². The van der Waals surface area contributed by atoms with Gasteiger partial charge in [-0.3, -0.25) is 4.99 Å². The highest BCUT2D eigenvalue weighted by atomic mass is 14.7. The standard InChI is InChI=1S/C9H17N.C2H6/c1-7(2)8(3)6-9(4)10-5;1-2/h6-7H,1-5H3;1-2H3/b8-6+,10-9?;. The van der Waals surface area contributed by atoms with Gasteiger partial charge >= 0.3 is 0 Å². The molecule has 0 rings (SSSR count). The lowest BCUT2D eigenvalue weighted by atomic mass is 10.0. The molecule has 0 aliphatic heterocycles. The van der Waals surface area contributed by atoms with Crippen LogP contribution in [0.25, 0.3) is 0 Å². The minimum Gasteiger partial charge on any atom is -0.293 e. The third-order valence-corrected chi connectivity index (χ3v) is 1.70. The maximum Gasteiger partial charge on any atom is 0.0313 e. The molecule has 0 aromatic heterocycles. The highest BCUT2D eigenvalue weighted by Crippen LogP contribution is 2.07. The van der Waals surface area contributed by atoms with Gasteiger partial charge in [0.25, 0.3) is 0 Å². The van der Waals surface area contributed by atoms with E-state index in [0.29, 0.717) is 5.92 Å². The molecule has 0 aliphatic rings. The second-order valence-corrected chi connectivity index (χ2v) is 2.91. The molecular formula is C11H23N. The van der Waals surface area contributed by atoms with Crippen molar-refractivity contribution in [2.24, 2.45) is 10.9 Å². The first-order valence-electron chi connectivity index (χ1n) is 4.69. The lowest BCUT2D eigenvalue weighted by Crippen LogP contribution is -1.93. The van der Waals surface area contributed by atoms with Gasteiger partial charge in [-0.1, -0.05) is 33.3 Å². The zero-order chi connectivity index (χ0) is 10.1. The van der Waals surface area contributed by atoms with Crippen molar-refractivity contribution in [3.63, 3.8) is 0 Å². The van der Waals surface area contributed by atoms with E-state index in [-0.39, 0.29) is 0 Å². The normalized spacial score (nSPS) is 12.7. The van der Waals surface area contributed by atoms with Crippen LogP contribution in [0.5, 0.6) is 0 Å². The van der Waals surface area contributed by atoms with Crippen LogP contribution in [0.2, 0.25) is 0 Å². The summed E-state index contributed by atoms with van der Waals surface area (Å²) >= 11 is 0. The predicted octanol–water partition coefficient (Wildman–Crippen LogP) is 3.71. The fraction of sp³-hybridized carbons (Fsp3) is 0.727. The maximum absolute atomic E-state index is 4.05. The van der Waals surface area contributed by atoms with Crippen LogP contribution in [0.1, 0.15) is 41.5 Å². The van der Waals surface area contributed by atoms with Crippen molar-refractivity contribution in [2.75, 3.05) is 7.05 Å². The van der Waals surface area contributed by atoms with Crippen molar-refractivity contribution in [1.29, 1.82) is 0 Å². The summed E-state index contributed by atoms with van der Waals surface area (Å²) < 4.78 is 0. The SMILES string of the molecule is CC.CN=C(C)/C=C(\C)C(C)C. The minimum atomic E-state index is 0.636. The first-order valence-corrected chi connectivity index (χ1v) is 4.69. The zero-order valence-electron chi connectivity index (χ0n) is 9.60. The molecule has 12 heavy (non-hydrogen) atoms. The van der Waals surface area contributed by atoms with Gasteiger partial charge in [-0.25, -0.2) is 0 Å². The van der Waals surface area contributed by atoms with Crippen LogP contribution in [-0.4, -0.2) is 12.8 Å². The largest absolute Gasteiger partial charge is 0.293 e. The summed E-state index contributed by atoms with van der Waals surface area (Å²) in [6.07, 6.45) is 2.13. The predicted molar refractivity (Wildman–Crippen MR) is 59.0 cm³/mol. The van der Waals surface area contributed by atoms with E-state index in [9.17, 15) is 0 Å². The molecule has 0 fully saturated rings. The molecule has 0 N–H and O–H groups in total. The molecule has 0 aromatic rings. The van der Waals surface area contributed by atoms with Crippen molar-refractivity contribution in [3.8, 4) is 0 Å². The molecule has 0 amide bonds. The van der Waals surface area contributed by atoms with E-state index in [2.05, 4.69) is 31.8 Å². The zero-order valence-corrected chi connectivity index (χ0v) is 9.60. The minimum absolute atomic E-state index is 0.636. The van der Waals surface area contributed by atoms with Crippen molar-refractivity contribution >= 4 is 5.71 Å². The van der Waals surface area contributed by atoms with E-state index in [1.807, 2.05) is 27.8 Å². The van der Waals surface area contributed by atoms with Crippen LogP contribution in [-0.2, 0) is 0 Å². The lowest BCUT2D eigenvalue weighted by molar-refractivity contribution is 0.770. The summed E-state index contributed by atoms with van der Waals surface area (Å²) in [5.74, 6) is 0.636. The van der Waals surface area contributed by atoms with Crippen molar-refractivity contribution in [2.45, 2.75) is 41.5 Å². The second kappa shape index (κ2) is 8.51. The molecular weight excluding hydrogens is 146 g/mol. The van der Waals surface area contributed by atoms with Crippen LogP contribution in [0.3, 0.4) is 0 Å². The van der Waals surface area contributed by atoms with Crippen molar-refractivity contribution in [1.82, 2.24) is 0 Å². The Morgan fingerprint density at radius 2 is 1.58 bits per heavy atom. The molecule has 0 aliphatic carbocycles. The third kappa shape index (κ3) is 7.52. The Labute approximate surface area is 77.6 Å². The Morgan fingerprint density at radius 3 is 1.83 bits per heavy atom. The Bertz CT molecular complexity index is 152. The first-order chi connectivity index (χ1) is 5.57. The van der Waals surface area contributed by atoms with Crippen LogP contribution in [0, 0.1) is 5.92 Å². The smallest absolute Gasteiger partial charge is 0.0313 e. The van der Waals surface area contributed by atoms with Crippen LogP contribution < -0.4 is 0 Å². The summed E-state index contributed by atoms with van der Waals surface area (Å²) in [6, 6.07) is 0. The number of nitrogens with zero attached hydrogens (tertiary/aromatic N) is 1. The molecule has 0 aromatic carbocycles. The molecule has 0 radical (unpaired) electrons. The molecule has 0 bridgehead atoms. The molecule has 0 unspecified atom stereocenters. The van der Waals surface area contributed by atoms with Crippen LogP contribution in [0.4, 0.5) is 0 Å². The average molecular weight is 169 g/mol. The molecule has 0 spiro atoms. The fourth-order valence-electron chi connectivity index (χ4n) is 0.561. The number of aliphatic imine (C=N–C) groups is 1. The highest BCUT2D eigenvalue weighted by molar-refractivity contribution is 5.93. The number of rotatable bonds is 2. The van der Waals surface area contributed by atoms with E-state index in [4.69, 9.17) is 0 Å². The average Bonchev–Trinajstić information content (AvgIpc) is 2.07. The van der Waals surface area contributed by atoms with E-state index >= 15 is 0 Å². The highest BCUT2D eigenvalue weighted by Gasteiger charge is 1.94. The van der Waals surface area contributed by atoms with Gasteiger partial charge < -0.3 is 0 Å². The summed E-state index contributed by atoms with van der Waals surface area (Å²) in [6.45, 7) is 12.5. The van der Waals surface area contributed by atoms with Gasteiger partial charge in [0.05, 0.1) is 0 Å². The van der Waals surface area contributed by atoms with Gasteiger partial charge in [-0.05, 0) is 25.8 Å². The Balaban J connectivity index is 0. The molecule has 0 heterocycles. The first kappa shape index (κ1) is 14.0. The molecule has 0 saturated heterocycles. The topological polar surface area (TPSA) is 12.4 Å². The molecule has 0 saturated carbocycles. The van der Waals surface area contributed by atoms with Crippen LogP contribution in [0.15, 0.2) is 16.6 Å². The Morgan fingerprint density at radius 1 is 1.17 bits per heavy atom. The Kier molecular flexibility index (Phi) is 9.90. The van der Waals surface area contributed by atoms with Crippen LogP contribution >= 0.6 is 0 Å². The summed E-state index contributed by atoms with van der Waals surface area (Å²) in [4.78, 5) is 4.05. The molecule has 72 valence electrons. The van der Waals surface area contributed by atoms with Gasteiger partial charge in [0.15, 0.2) is 0 Å². The van der Waals surface area contributed by atoms with Crippen molar-refractivity contribution in [3.05, 3.63) is 11.6 Å². The number of hydrogen-bond donors (Lipinski definition) is 0. The monoisotopic (exact) mass is 169 g/mol. The van der Waals surface area contributed by atoms with E-state index in [1.165, 1.54) is 5.57 Å². The third-order valence-electron chi connectivity index (χ3n) is 1.70.